The first-order valence-corrected chi connectivity index (χ1v) is 11.5. The third kappa shape index (κ3) is 4.88. The fraction of sp³-hybridized carbons (Fsp3) is 0.409. The lowest BCUT2D eigenvalue weighted by atomic mass is 10.1. The van der Waals surface area contributed by atoms with Crippen molar-refractivity contribution in [3.8, 4) is 5.75 Å². The van der Waals surface area contributed by atoms with Crippen LogP contribution in [0.25, 0.3) is 0 Å². The van der Waals surface area contributed by atoms with Crippen molar-refractivity contribution in [1.29, 1.82) is 0 Å². The molecule has 2 aromatic rings. The van der Waals surface area contributed by atoms with E-state index >= 15 is 0 Å². The van der Waals surface area contributed by atoms with Gasteiger partial charge in [-0.3, -0.25) is 4.79 Å². The van der Waals surface area contributed by atoms with E-state index in [-0.39, 0.29) is 22.3 Å². The zero-order chi connectivity index (χ0) is 22.8. The molecular weight excluding hydrogens is 426 g/mol. The number of rotatable bonds is 6. The van der Waals surface area contributed by atoms with Crippen LogP contribution in [0.3, 0.4) is 0 Å². The highest BCUT2D eigenvalue weighted by atomic mass is 32.2. The number of sulfonamides is 1. The molecule has 1 N–H and O–H groups in total. The number of ether oxygens (including phenoxy) is 1. The van der Waals surface area contributed by atoms with Gasteiger partial charge in [0.25, 0.3) is 5.91 Å². The number of piperidine rings is 1. The van der Waals surface area contributed by atoms with Crippen LogP contribution < -0.4 is 10.1 Å². The quantitative estimate of drug-likeness (QED) is 0.718. The first kappa shape index (κ1) is 23.1. The normalized spacial score (nSPS) is 18.4. The van der Waals surface area contributed by atoms with Crippen molar-refractivity contribution in [1.82, 2.24) is 9.62 Å². The summed E-state index contributed by atoms with van der Waals surface area (Å²) >= 11 is 0. The van der Waals surface area contributed by atoms with Gasteiger partial charge in [0.15, 0.2) is 11.6 Å². The Labute approximate surface area is 181 Å². The van der Waals surface area contributed by atoms with Crippen molar-refractivity contribution in [2.45, 2.75) is 50.1 Å². The number of nitrogens with one attached hydrogen (secondary N) is 1. The number of amides is 1. The van der Waals surface area contributed by atoms with E-state index in [1.165, 1.54) is 35.7 Å². The topological polar surface area (TPSA) is 75.7 Å². The maximum atomic E-state index is 13.5. The lowest BCUT2D eigenvalue weighted by molar-refractivity contribution is 0.0939. The van der Waals surface area contributed by atoms with Gasteiger partial charge in [0.1, 0.15) is 10.6 Å². The van der Waals surface area contributed by atoms with E-state index in [0.29, 0.717) is 12.1 Å². The van der Waals surface area contributed by atoms with E-state index in [4.69, 9.17) is 4.74 Å². The van der Waals surface area contributed by atoms with Crippen LogP contribution in [0.4, 0.5) is 8.78 Å². The monoisotopic (exact) mass is 452 g/mol. The van der Waals surface area contributed by atoms with E-state index in [9.17, 15) is 22.0 Å². The zero-order valence-electron chi connectivity index (χ0n) is 17.7. The summed E-state index contributed by atoms with van der Waals surface area (Å²) in [5.74, 6) is -2.36. The molecule has 9 heteroatoms. The fourth-order valence-electron chi connectivity index (χ4n) is 3.72. The molecule has 3 rings (SSSR count). The Hall–Kier alpha value is -2.52. The minimum atomic E-state index is -3.86. The number of carbonyl (C=O) groups is 1. The summed E-state index contributed by atoms with van der Waals surface area (Å²) in [7, 11) is -2.49. The molecular formula is C22H26F2N2O4S. The van der Waals surface area contributed by atoms with Gasteiger partial charge in [0.2, 0.25) is 10.0 Å². The Bertz CT molecular complexity index is 1080. The van der Waals surface area contributed by atoms with Crippen LogP contribution in [0.2, 0.25) is 0 Å². The number of carbonyl (C=O) groups excluding carboxylic acids is 1. The molecule has 0 saturated carbocycles. The molecule has 1 aliphatic rings. The molecule has 1 saturated heterocycles. The van der Waals surface area contributed by atoms with Crippen LogP contribution in [-0.2, 0) is 10.0 Å². The maximum absolute atomic E-state index is 13.5. The molecule has 0 aliphatic carbocycles. The molecule has 1 fully saturated rings. The van der Waals surface area contributed by atoms with Crippen molar-refractivity contribution < 1.29 is 26.7 Å². The summed E-state index contributed by atoms with van der Waals surface area (Å²) < 4.78 is 60.0. The second-order valence-electron chi connectivity index (χ2n) is 7.69. The molecule has 0 spiro atoms. The van der Waals surface area contributed by atoms with Crippen LogP contribution >= 0.6 is 0 Å². The molecule has 0 bridgehead atoms. The number of nitrogens with zero attached hydrogens (tertiary/aromatic N) is 1. The highest BCUT2D eigenvalue weighted by Gasteiger charge is 2.33. The standard InChI is InChI=1S/C22H26F2N2O4S/c1-14-6-4-5-11-26(14)31(28,29)21-13-17(8-10-20(21)30-3)22(27)25-15(2)16-7-9-18(23)19(24)12-16/h7-10,12-15H,4-6,11H2,1-3H3,(H,25,27). The van der Waals surface area contributed by atoms with Crippen LogP contribution in [-0.4, -0.2) is 38.3 Å². The molecule has 31 heavy (non-hydrogen) atoms. The van der Waals surface area contributed by atoms with Crippen molar-refractivity contribution in [2.24, 2.45) is 0 Å². The number of halogens is 2. The smallest absolute Gasteiger partial charge is 0.251 e. The van der Waals surface area contributed by atoms with Crippen LogP contribution in [0, 0.1) is 11.6 Å². The third-order valence-electron chi connectivity index (χ3n) is 5.55. The Kier molecular flexibility index (Phi) is 6.96. The predicted octanol–water partition coefficient (Wildman–Crippen LogP) is 4.03. The molecule has 2 unspecified atom stereocenters. The van der Waals surface area contributed by atoms with Crippen molar-refractivity contribution in [3.05, 3.63) is 59.2 Å². The summed E-state index contributed by atoms with van der Waals surface area (Å²) in [6.07, 6.45) is 2.51. The average Bonchev–Trinajstić information content (AvgIpc) is 2.75. The van der Waals surface area contributed by atoms with Gasteiger partial charge >= 0.3 is 0 Å². The van der Waals surface area contributed by atoms with Gasteiger partial charge in [-0.05, 0) is 62.6 Å². The van der Waals surface area contributed by atoms with Crippen molar-refractivity contribution in [2.75, 3.05) is 13.7 Å². The fourth-order valence-corrected chi connectivity index (χ4v) is 5.60. The third-order valence-corrected chi connectivity index (χ3v) is 7.58. The van der Waals surface area contributed by atoms with Crippen molar-refractivity contribution >= 4 is 15.9 Å². The first-order chi connectivity index (χ1) is 14.6. The molecule has 1 aliphatic heterocycles. The molecule has 1 amide bonds. The molecule has 6 nitrogen and oxygen atoms in total. The summed E-state index contributed by atoms with van der Waals surface area (Å²) in [5, 5.41) is 2.69. The molecule has 0 aromatic heterocycles. The highest BCUT2D eigenvalue weighted by molar-refractivity contribution is 7.89. The molecule has 0 radical (unpaired) electrons. The van der Waals surface area contributed by atoms with Gasteiger partial charge in [0.05, 0.1) is 13.2 Å². The van der Waals surface area contributed by atoms with Gasteiger partial charge in [-0.1, -0.05) is 12.5 Å². The van der Waals surface area contributed by atoms with Gasteiger partial charge in [-0.25, -0.2) is 17.2 Å². The zero-order valence-corrected chi connectivity index (χ0v) is 18.5. The van der Waals surface area contributed by atoms with E-state index < -0.39 is 33.6 Å². The Morgan fingerprint density at radius 3 is 2.55 bits per heavy atom. The van der Waals surface area contributed by atoms with E-state index in [2.05, 4.69) is 5.32 Å². The molecule has 2 atom stereocenters. The van der Waals surface area contributed by atoms with Crippen LogP contribution in [0.5, 0.6) is 5.75 Å². The average molecular weight is 453 g/mol. The number of methoxy groups -OCH3 is 1. The lowest BCUT2D eigenvalue weighted by Gasteiger charge is -2.32. The van der Waals surface area contributed by atoms with Crippen molar-refractivity contribution in [3.63, 3.8) is 0 Å². The van der Waals surface area contributed by atoms with Gasteiger partial charge in [-0.15, -0.1) is 0 Å². The number of hydrogen-bond acceptors (Lipinski definition) is 4. The Morgan fingerprint density at radius 1 is 1.16 bits per heavy atom. The first-order valence-electron chi connectivity index (χ1n) is 10.1. The summed E-state index contributed by atoms with van der Waals surface area (Å²) in [4.78, 5) is 12.7. The Balaban J connectivity index is 1.88. The predicted molar refractivity (Wildman–Crippen MR) is 112 cm³/mol. The van der Waals surface area contributed by atoms with Crippen LogP contribution in [0.1, 0.15) is 55.1 Å². The summed E-state index contributed by atoms with van der Waals surface area (Å²) in [6, 6.07) is 6.82. The summed E-state index contributed by atoms with van der Waals surface area (Å²) in [6.45, 7) is 3.90. The Morgan fingerprint density at radius 2 is 1.90 bits per heavy atom. The second-order valence-corrected chi connectivity index (χ2v) is 9.55. The lowest BCUT2D eigenvalue weighted by Crippen LogP contribution is -2.42. The maximum Gasteiger partial charge on any atom is 0.251 e. The molecule has 2 aromatic carbocycles. The van der Waals surface area contributed by atoms with E-state index in [0.717, 1.165) is 31.4 Å². The molecule has 168 valence electrons. The van der Waals surface area contributed by atoms with E-state index in [1.807, 2.05) is 6.92 Å². The van der Waals surface area contributed by atoms with Gasteiger partial charge in [0, 0.05) is 18.2 Å². The van der Waals surface area contributed by atoms with E-state index in [1.54, 1.807) is 6.92 Å². The summed E-state index contributed by atoms with van der Waals surface area (Å²) in [5.41, 5.74) is 0.509. The number of benzene rings is 2. The number of hydrogen-bond donors (Lipinski definition) is 1. The van der Waals surface area contributed by atoms with Gasteiger partial charge < -0.3 is 10.1 Å². The SMILES string of the molecule is COc1ccc(C(=O)NC(C)c2ccc(F)c(F)c2)cc1S(=O)(=O)N1CCCCC1C. The second kappa shape index (κ2) is 9.32. The minimum absolute atomic E-state index is 0.0723. The van der Waals surface area contributed by atoms with Crippen LogP contribution in [0.15, 0.2) is 41.3 Å². The minimum Gasteiger partial charge on any atom is -0.495 e. The highest BCUT2D eigenvalue weighted by Crippen LogP contribution is 2.32. The van der Waals surface area contributed by atoms with Gasteiger partial charge in [-0.2, -0.15) is 4.31 Å². The largest absolute Gasteiger partial charge is 0.495 e. The molecule has 1 heterocycles.